The quantitative estimate of drug-likeness (QED) is 0.611. The topological polar surface area (TPSA) is 17.1 Å². The first kappa shape index (κ1) is 7.29. The summed E-state index contributed by atoms with van der Waals surface area (Å²) in [5.74, 6) is 0.600. The minimum atomic E-state index is 0.0650. The average Bonchev–Trinajstić information content (AvgIpc) is 2.75. The van der Waals surface area contributed by atoms with Gasteiger partial charge in [0, 0.05) is 0 Å². The zero-order chi connectivity index (χ0) is 8.55. The van der Waals surface area contributed by atoms with E-state index in [-0.39, 0.29) is 5.43 Å². The highest BCUT2D eigenvalue weighted by Crippen LogP contribution is 2.36. The minimum Gasteiger partial charge on any atom is -0.290 e. The van der Waals surface area contributed by atoms with Gasteiger partial charge in [0.25, 0.3) is 0 Å². The zero-order valence-corrected chi connectivity index (χ0v) is 6.95. The molecule has 0 spiro atoms. The van der Waals surface area contributed by atoms with E-state index in [0.717, 1.165) is 0 Å². The fourth-order valence-electron chi connectivity index (χ4n) is 1.30. The predicted octanol–water partition coefficient (Wildman–Crippen LogP) is 2.08. The number of allylic oxidation sites excluding steroid dienone is 2. The lowest BCUT2D eigenvalue weighted by atomic mass is 10.2. The first-order valence-electron chi connectivity index (χ1n) is 4.10. The lowest BCUT2D eigenvalue weighted by Gasteiger charge is -1.88. The van der Waals surface area contributed by atoms with E-state index in [1.165, 1.54) is 11.1 Å². The molecule has 0 aromatic heterocycles. The van der Waals surface area contributed by atoms with Gasteiger partial charge < -0.3 is 0 Å². The Morgan fingerprint density at radius 2 is 1.92 bits per heavy atom. The van der Waals surface area contributed by atoms with Gasteiger partial charge in [0.15, 0.2) is 5.43 Å². The van der Waals surface area contributed by atoms with Gasteiger partial charge in [0.1, 0.15) is 0 Å². The normalized spacial score (nSPS) is 20.1. The third kappa shape index (κ3) is 1.30. The molecule has 0 saturated carbocycles. The van der Waals surface area contributed by atoms with Gasteiger partial charge in [-0.15, -0.1) is 0 Å². The Balaban J connectivity index is 2.43. The van der Waals surface area contributed by atoms with Crippen LogP contribution in [0.4, 0.5) is 0 Å². The van der Waals surface area contributed by atoms with Crippen molar-refractivity contribution < 1.29 is 0 Å². The molecule has 1 aromatic rings. The summed E-state index contributed by atoms with van der Waals surface area (Å²) in [5.41, 5.74) is 2.59. The fourth-order valence-corrected chi connectivity index (χ4v) is 1.30. The second kappa shape index (κ2) is 2.59. The van der Waals surface area contributed by atoms with Crippen molar-refractivity contribution in [3.63, 3.8) is 0 Å². The predicted molar refractivity (Wildman–Crippen MR) is 49.9 cm³/mol. The molecule has 0 bridgehead atoms. The van der Waals surface area contributed by atoms with Gasteiger partial charge in [-0.3, -0.25) is 4.79 Å². The van der Waals surface area contributed by atoms with Crippen LogP contribution in [0.25, 0.3) is 5.57 Å². The molecule has 0 unspecified atom stereocenters. The van der Waals surface area contributed by atoms with Crippen molar-refractivity contribution in [2.75, 3.05) is 0 Å². The molecule has 1 heteroatoms. The van der Waals surface area contributed by atoms with Crippen LogP contribution in [-0.2, 0) is 0 Å². The van der Waals surface area contributed by atoms with E-state index in [2.05, 4.69) is 13.0 Å². The maximum absolute atomic E-state index is 10.9. The van der Waals surface area contributed by atoms with Crippen LogP contribution >= 0.6 is 0 Å². The Morgan fingerprint density at radius 1 is 1.17 bits per heavy atom. The van der Waals surface area contributed by atoms with E-state index in [4.69, 9.17) is 0 Å². The molecular formula is C11H10O. The van der Waals surface area contributed by atoms with Gasteiger partial charge in [0.05, 0.1) is 0 Å². The molecule has 12 heavy (non-hydrogen) atoms. The Kier molecular flexibility index (Phi) is 1.58. The van der Waals surface area contributed by atoms with E-state index in [1.807, 2.05) is 18.2 Å². The van der Waals surface area contributed by atoms with Crippen LogP contribution in [0.5, 0.6) is 0 Å². The van der Waals surface area contributed by atoms with Crippen molar-refractivity contribution in [3.05, 3.63) is 52.2 Å². The van der Waals surface area contributed by atoms with Gasteiger partial charge in [-0.25, -0.2) is 0 Å². The lowest BCUT2D eigenvalue weighted by molar-refractivity contribution is 1.10. The van der Waals surface area contributed by atoms with Crippen LogP contribution < -0.4 is 5.43 Å². The van der Waals surface area contributed by atoms with Crippen molar-refractivity contribution >= 4 is 5.57 Å². The molecule has 1 aliphatic rings. The first-order chi connectivity index (χ1) is 5.77. The van der Waals surface area contributed by atoms with Gasteiger partial charge >= 0.3 is 0 Å². The third-order valence-electron chi connectivity index (χ3n) is 2.11. The molecule has 0 amide bonds. The summed E-state index contributed by atoms with van der Waals surface area (Å²) in [4.78, 5) is 10.9. The second-order valence-electron chi connectivity index (χ2n) is 3.13. The van der Waals surface area contributed by atoms with Crippen LogP contribution in [0.1, 0.15) is 12.5 Å². The highest BCUT2D eigenvalue weighted by atomic mass is 16.1. The van der Waals surface area contributed by atoms with E-state index in [1.54, 1.807) is 12.1 Å². The van der Waals surface area contributed by atoms with E-state index in [9.17, 15) is 4.79 Å². The van der Waals surface area contributed by atoms with Gasteiger partial charge in [0.2, 0.25) is 0 Å². The van der Waals surface area contributed by atoms with E-state index in [0.29, 0.717) is 5.92 Å². The molecule has 0 fully saturated rings. The zero-order valence-electron chi connectivity index (χ0n) is 6.95. The summed E-state index contributed by atoms with van der Waals surface area (Å²) in [6.07, 6.45) is 2.19. The average molecular weight is 158 g/mol. The Bertz CT molecular complexity index is 390. The largest absolute Gasteiger partial charge is 0.290 e. The maximum atomic E-state index is 10.9. The molecule has 1 aromatic carbocycles. The number of hydrogen-bond donors (Lipinski definition) is 0. The minimum absolute atomic E-state index is 0.0650. The Hall–Kier alpha value is -1.37. The van der Waals surface area contributed by atoms with Crippen LogP contribution in [0, 0.1) is 5.92 Å². The highest BCUT2D eigenvalue weighted by molar-refractivity contribution is 5.79. The molecular weight excluding hydrogens is 148 g/mol. The van der Waals surface area contributed by atoms with Crippen molar-refractivity contribution in [1.82, 2.24) is 0 Å². The molecule has 0 saturated heterocycles. The van der Waals surface area contributed by atoms with Crippen LogP contribution in [-0.4, -0.2) is 0 Å². The molecule has 0 N–H and O–H groups in total. The summed E-state index contributed by atoms with van der Waals surface area (Å²) in [6.45, 7) is 2.15. The van der Waals surface area contributed by atoms with Crippen molar-refractivity contribution in [3.8, 4) is 0 Å². The van der Waals surface area contributed by atoms with Crippen LogP contribution in [0.3, 0.4) is 0 Å². The summed E-state index contributed by atoms with van der Waals surface area (Å²) in [6, 6.07) is 8.87. The summed E-state index contributed by atoms with van der Waals surface area (Å²) in [7, 11) is 0. The van der Waals surface area contributed by atoms with Gasteiger partial charge in [-0.05, 0) is 29.2 Å². The molecule has 60 valence electrons. The monoisotopic (exact) mass is 158 g/mol. The molecule has 1 aliphatic carbocycles. The van der Waals surface area contributed by atoms with E-state index >= 15 is 0 Å². The molecule has 0 radical (unpaired) electrons. The molecule has 1 atom stereocenters. The van der Waals surface area contributed by atoms with Gasteiger partial charge in [-0.2, -0.15) is 0 Å². The first-order valence-corrected chi connectivity index (χ1v) is 4.10. The fraction of sp³-hybridized carbons (Fsp3) is 0.182. The number of hydrogen-bond acceptors (Lipinski definition) is 1. The standard InChI is InChI=1S/C11H10O/c1-8-7-11(8)9-3-2-4-10(12)6-5-9/h2-8H,1H3/t8-/m1/s1. The van der Waals surface area contributed by atoms with Crippen LogP contribution in [0.15, 0.2) is 41.2 Å². The van der Waals surface area contributed by atoms with Crippen molar-refractivity contribution in [2.45, 2.75) is 6.92 Å². The third-order valence-corrected chi connectivity index (χ3v) is 2.11. The van der Waals surface area contributed by atoms with Gasteiger partial charge in [-0.1, -0.05) is 31.2 Å². The maximum Gasteiger partial charge on any atom is 0.178 e. The second-order valence-corrected chi connectivity index (χ2v) is 3.13. The molecule has 0 heterocycles. The highest BCUT2D eigenvalue weighted by Gasteiger charge is 2.19. The number of rotatable bonds is 1. The summed E-state index contributed by atoms with van der Waals surface area (Å²) < 4.78 is 0. The molecule has 2 rings (SSSR count). The smallest absolute Gasteiger partial charge is 0.178 e. The van der Waals surface area contributed by atoms with Crippen molar-refractivity contribution in [1.29, 1.82) is 0 Å². The SMILES string of the molecule is C[C@@H]1C=C1c1cccc(=O)cc1. The van der Waals surface area contributed by atoms with Crippen molar-refractivity contribution in [2.24, 2.45) is 5.92 Å². The lowest BCUT2D eigenvalue weighted by Crippen LogP contribution is -1.87. The Morgan fingerprint density at radius 3 is 2.58 bits per heavy atom. The van der Waals surface area contributed by atoms with Crippen LogP contribution in [0.2, 0.25) is 0 Å². The van der Waals surface area contributed by atoms with E-state index < -0.39 is 0 Å². The Labute approximate surface area is 71.4 Å². The summed E-state index contributed by atoms with van der Waals surface area (Å²) in [5, 5.41) is 0. The summed E-state index contributed by atoms with van der Waals surface area (Å²) >= 11 is 0. The molecule has 0 aliphatic heterocycles. The molecule has 1 nitrogen and oxygen atoms in total.